The number of fused-ring (bicyclic) bond motifs is 2. The first-order valence-corrected chi connectivity index (χ1v) is 11.4. The van der Waals surface area contributed by atoms with Crippen molar-refractivity contribution in [1.29, 1.82) is 0 Å². The average molecular weight is 451 g/mol. The molecule has 0 saturated heterocycles. The van der Waals surface area contributed by atoms with E-state index in [9.17, 15) is 14.7 Å². The van der Waals surface area contributed by atoms with Crippen LogP contribution in [0.15, 0.2) is 18.2 Å². The molecular weight excluding hydrogens is 416 g/mol. The van der Waals surface area contributed by atoms with Gasteiger partial charge < -0.3 is 29.5 Å². The van der Waals surface area contributed by atoms with Gasteiger partial charge in [-0.05, 0) is 73.5 Å². The lowest BCUT2D eigenvalue weighted by molar-refractivity contribution is -0.155. The highest BCUT2D eigenvalue weighted by Gasteiger charge is 2.45. The van der Waals surface area contributed by atoms with Crippen molar-refractivity contribution in [3.8, 4) is 5.75 Å². The fourth-order valence-corrected chi connectivity index (χ4v) is 5.24. The average Bonchev–Trinajstić information content (AvgIpc) is 3.07. The third-order valence-electron chi connectivity index (χ3n) is 6.73. The number of aliphatic hydroxyl groups is 2. The summed E-state index contributed by atoms with van der Waals surface area (Å²) in [5, 5.41) is 28.4. The van der Waals surface area contributed by atoms with Crippen LogP contribution in [0.2, 0.25) is 0 Å². The van der Waals surface area contributed by atoms with Crippen LogP contribution in [0.5, 0.6) is 5.75 Å². The lowest BCUT2D eigenvalue weighted by atomic mass is 9.73. The van der Waals surface area contributed by atoms with E-state index in [4.69, 9.17) is 24.4 Å². The molecule has 1 aromatic rings. The number of hydrogen-bond acceptors (Lipinski definition) is 7. The first-order valence-electron chi connectivity index (χ1n) is 11.4. The minimum atomic E-state index is -1.00. The van der Waals surface area contributed by atoms with Gasteiger partial charge in [-0.25, -0.2) is 9.59 Å². The molecule has 0 amide bonds. The van der Waals surface area contributed by atoms with Gasteiger partial charge in [-0.1, -0.05) is 19.1 Å². The largest absolute Gasteiger partial charge is 0.482 e. The van der Waals surface area contributed by atoms with Crippen LogP contribution in [-0.2, 0) is 31.9 Å². The van der Waals surface area contributed by atoms with Gasteiger partial charge in [0.15, 0.2) is 6.61 Å². The van der Waals surface area contributed by atoms with Gasteiger partial charge in [0.25, 0.3) is 0 Å². The molecule has 1 saturated carbocycles. The number of aliphatic carboxylic acids is 1. The maximum atomic E-state index is 11.9. The Morgan fingerprint density at radius 1 is 1.22 bits per heavy atom. The van der Waals surface area contributed by atoms with Gasteiger partial charge in [0, 0.05) is 0 Å². The molecule has 3 N–H and O–H groups in total. The normalized spacial score (nSPS) is 25.0. The van der Waals surface area contributed by atoms with Gasteiger partial charge in [-0.15, -0.1) is 0 Å². The third kappa shape index (κ3) is 6.21. The van der Waals surface area contributed by atoms with Crippen molar-refractivity contribution < 1.29 is 39.1 Å². The molecule has 0 aromatic heterocycles. The molecule has 1 aromatic carbocycles. The Morgan fingerprint density at radius 3 is 2.75 bits per heavy atom. The predicted octanol–water partition coefficient (Wildman–Crippen LogP) is 1.97. The number of benzene rings is 1. The van der Waals surface area contributed by atoms with Gasteiger partial charge in [0.1, 0.15) is 18.5 Å². The topological polar surface area (TPSA) is 123 Å². The Hall–Kier alpha value is -2.16. The molecule has 0 aliphatic heterocycles. The Bertz CT molecular complexity index is 779. The Morgan fingerprint density at radius 2 is 2.03 bits per heavy atom. The highest BCUT2D eigenvalue weighted by atomic mass is 16.6. The molecule has 0 radical (unpaired) electrons. The maximum Gasteiger partial charge on any atom is 0.341 e. The lowest BCUT2D eigenvalue weighted by Gasteiger charge is -2.32. The first kappa shape index (κ1) is 24.5. The summed E-state index contributed by atoms with van der Waals surface area (Å²) in [7, 11) is 0. The van der Waals surface area contributed by atoms with Crippen LogP contribution in [0.4, 0.5) is 0 Å². The molecule has 1 unspecified atom stereocenters. The number of carboxylic acid groups (broad SMARTS) is 1. The van der Waals surface area contributed by atoms with E-state index in [1.165, 1.54) is 0 Å². The molecule has 0 heterocycles. The summed E-state index contributed by atoms with van der Waals surface area (Å²) in [6.45, 7) is 1.40. The lowest BCUT2D eigenvalue weighted by Crippen LogP contribution is -2.29. The number of esters is 1. The second-order valence-electron chi connectivity index (χ2n) is 8.75. The van der Waals surface area contributed by atoms with E-state index in [1.807, 2.05) is 19.1 Å². The molecule has 8 heteroatoms. The van der Waals surface area contributed by atoms with Crippen LogP contribution >= 0.6 is 0 Å². The molecule has 0 spiro atoms. The van der Waals surface area contributed by atoms with E-state index in [2.05, 4.69) is 6.07 Å². The van der Waals surface area contributed by atoms with E-state index in [-0.39, 0.29) is 38.4 Å². The van der Waals surface area contributed by atoms with Crippen molar-refractivity contribution in [2.45, 2.75) is 57.7 Å². The zero-order valence-electron chi connectivity index (χ0n) is 18.6. The SMILES string of the molecule is CCC(CC[C@@H]1[C@H]2Cc3cccc(OCC(=O)O)c3C[C@H]2C[C@H]1O)OC(=O)COCCO. The summed E-state index contributed by atoms with van der Waals surface area (Å²) in [5.74, 6) is -0.00730. The van der Waals surface area contributed by atoms with Crippen molar-refractivity contribution in [2.75, 3.05) is 26.4 Å². The molecule has 3 rings (SSSR count). The first-order chi connectivity index (χ1) is 15.4. The van der Waals surface area contributed by atoms with Crippen molar-refractivity contribution in [3.05, 3.63) is 29.3 Å². The van der Waals surface area contributed by atoms with Crippen LogP contribution in [-0.4, -0.2) is 65.9 Å². The highest BCUT2D eigenvalue weighted by molar-refractivity contribution is 5.70. The second-order valence-corrected chi connectivity index (χ2v) is 8.75. The number of hydrogen-bond donors (Lipinski definition) is 3. The summed E-state index contributed by atoms with van der Waals surface area (Å²) in [4.78, 5) is 22.8. The molecule has 2 aliphatic rings. The molecule has 0 bridgehead atoms. The standard InChI is InChI=1S/C24H34O8/c1-2-17(32-24(29)14-30-9-8-25)6-7-18-19-10-15-4-3-5-22(31-13-23(27)28)20(15)11-16(19)12-21(18)26/h3-5,16-19,21,25-26H,2,6-14H2,1H3,(H,27,28)/t16-,17?,18+,19-,21+/m0/s1. The van der Waals surface area contributed by atoms with Crippen LogP contribution < -0.4 is 4.74 Å². The Balaban J connectivity index is 1.59. The van der Waals surface area contributed by atoms with Gasteiger partial charge >= 0.3 is 11.9 Å². The van der Waals surface area contributed by atoms with Gasteiger partial charge in [-0.2, -0.15) is 0 Å². The summed E-state index contributed by atoms with van der Waals surface area (Å²) in [6, 6.07) is 5.77. The molecule has 32 heavy (non-hydrogen) atoms. The van der Waals surface area contributed by atoms with Gasteiger partial charge in [-0.3, -0.25) is 0 Å². The zero-order chi connectivity index (χ0) is 23.1. The maximum absolute atomic E-state index is 11.9. The van der Waals surface area contributed by atoms with Crippen molar-refractivity contribution in [1.82, 2.24) is 0 Å². The predicted molar refractivity (Wildman–Crippen MR) is 115 cm³/mol. The molecule has 5 atom stereocenters. The smallest absolute Gasteiger partial charge is 0.341 e. The van der Waals surface area contributed by atoms with Crippen LogP contribution in [0.3, 0.4) is 0 Å². The van der Waals surface area contributed by atoms with E-state index >= 15 is 0 Å². The summed E-state index contributed by atoms with van der Waals surface area (Å²) < 4.78 is 16.0. The fraction of sp³-hybridized carbons (Fsp3) is 0.667. The molecule has 2 aliphatic carbocycles. The Labute approximate surface area is 188 Å². The quantitative estimate of drug-likeness (QED) is 0.326. The van der Waals surface area contributed by atoms with Crippen molar-refractivity contribution in [2.24, 2.45) is 17.8 Å². The van der Waals surface area contributed by atoms with Gasteiger partial charge in [0.2, 0.25) is 0 Å². The molecule has 1 fully saturated rings. The van der Waals surface area contributed by atoms with Gasteiger partial charge in [0.05, 0.1) is 19.3 Å². The summed E-state index contributed by atoms with van der Waals surface area (Å²) in [6.07, 6.45) is 3.85. The number of aliphatic hydroxyl groups excluding tert-OH is 2. The van der Waals surface area contributed by atoms with Crippen molar-refractivity contribution >= 4 is 11.9 Å². The fourth-order valence-electron chi connectivity index (χ4n) is 5.24. The number of carbonyl (C=O) groups is 2. The molecule has 178 valence electrons. The minimum Gasteiger partial charge on any atom is -0.482 e. The van der Waals surface area contributed by atoms with Crippen molar-refractivity contribution in [3.63, 3.8) is 0 Å². The number of carbonyl (C=O) groups excluding carboxylic acids is 1. The number of carboxylic acids is 1. The molecular formula is C24H34O8. The van der Waals surface area contributed by atoms with Crippen LogP contribution in [0, 0.1) is 17.8 Å². The van der Waals surface area contributed by atoms with E-state index in [0.29, 0.717) is 36.8 Å². The number of ether oxygens (including phenoxy) is 3. The summed E-state index contributed by atoms with van der Waals surface area (Å²) in [5.41, 5.74) is 2.22. The zero-order valence-corrected chi connectivity index (χ0v) is 18.6. The number of rotatable bonds is 12. The minimum absolute atomic E-state index is 0.105. The second kappa shape index (κ2) is 11.6. The molecule has 8 nitrogen and oxygen atoms in total. The summed E-state index contributed by atoms with van der Waals surface area (Å²) >= 11 is 0. The monoisotopic (exact) mass is 450 g/mol. The van der Waals surface area contributed by atoms with Crippen LogP contribution in [0.1, 0.15) is 43.7 Å². The third-order valence-corrected chi connectivity index (χ3v) is 6.73. The highest BCUT2D eigenvalue weighted by Crippen LogP contribution is 2.48. The van der Waals surface area contributed by atoms with E-state index in [1.54, 1.807) is 0 Å². The van der Waals surface area contributed by atoms with E-state index in [0.717, 1.165) is 30.4 Å². The van der Waals surface area contributed by atoms with E-state index < -0.39 is 18.0 Å². The van der Waals surface area contributed by atoms with Crippen LogP contribution in [0.25, 0.3) is 0 Å². The Kier molecular flexibility index (Phi) is 8.90.